The quantitative estimate of drug-likeness (QED) is 0.387. The summed E-state index contributed by atoms with van der Waals surface area (Å²) in [5.41, 5.74) is 1.10. The second-order valence-electron chi connectivity index (χ2n) is 6.98. The van der Waals surface area contributed by atoms with Gasteiger partial charge in [-0.3, -0.25) is 4.90 Å². The predicted octanol–water partition coefficient (Wildman–Crippen LogP) is 5.79. The average molecular weight is 400 g/mol. The fourth-order valence-electron chi connectivity index (χ4n) is 3.04. The summed E-state index contributed by atoms with van der Waals surface area (Å²) in [5.74, 6) is 1.70. The third-order valence-corrected chi connectivity index (χ3v) is 5.64. The number of para-hydroxylation sites is 1. The smallest absolute Gasteiger partial charge is 0.435 e. The molecular weight excluding hydrogens is 368 g/mol. The van der Waals surface area contributed by atoms with Crippen molar-refractivity contribution in [2.45, 2.75) is 39.5 Å². The Morgan fingerprint density at radius 3 is 2.21 bits per heavy atom. The van der Waals surface area contributed by atoms with E-state index in [9.17, 15) is 0 Å². The molecule has 0 fully saturated rings. The number of thiazole rings is 1. The summed E-state index contributed by atoms with van der Waals surface area (Å²) in [6.07, 6.45) is 4.99. The van der Waals surface area contributed by atoms with E-state index < -0.39 is 0 Å². The molecule has 1 heterocycles. The molecule has 0 saturated carbocycles. The Labute approximate surface area is 172 Å². The van der Waals surface area contributed by atoms with Crippen molar-refractivity contribution < 1.29 is 14.5 Å². The number of H-pyrrole nitrogens is 1. The largest absolute Gasteiger partial charge is 0.492 e. The van der Waals surface area contributed by atoms with Gasteiger partial charge in [-0.2, -0.15) is 4.98 Å². The molecule has 28 heavy (non-hydrogen) atoms. The number of aromatic nitrogens is 1. The van der Waals surface area contributed by atoms with Gasteiger partial charge in [0.25, 0.3) is 0 Å². The highest BCUT2D eigenvalue weighted by atomic mass is 32.1. The van der Waals surface area contributed by atoms with E-state index in [1.54, 1.807) is 11.3 Å². The van der Waals surface area contributed by atoms with Crippen molar-refractivity contribution in [1.29, 1.82) is 0 Å². The van der Waals surface area contributed by atoms with E-state index in [0.29, 0.717) is 0 Å². The van der Waals surface area contributed by atoms with Crippen molar-refractivity contribution in [2.75, 3.05) is 26.2 Å². The van der Waals surface area contributed by atoms with Crippen molar-refractivity contribution in [2.24, 2.45) is 0 Å². The second kappa shape index (κ2) is 11.0. The summed E-state index contributed by atoms with van der Waals surface area (Å²) in [5, 5.41) is 0.789. The molecule has 0 bridgehead atoms. The van der Waals surface area contributed by atoms with E-state index in [1.165, 1.54) is 30.4 Å². The number of nitrogens with zero attached hydrogens (tertiary/aromatic N) is 1. The summed E-state index contributed by atoms with van der Waals surface area (Å²) in [6, 6.07) is 16.1. The highest BCUT2D eigenvalue weighted by Gasteiger charge is 2.12. The highest BCUT2D eigenvalue weighted by Crippen LogP contribution is 2.28. The molecule has 0 saturated heterocycles. The molecule has 1 aromatic heterocycles. The molecule has 0 amide bonds. The zero-order valence-corrected chi connectivity index (χ0v) is 17.8. The van der Waals surface area contributed by atoms with Crippen LogP contribution < -0.4 is 14.5 Å². The van der Waals surface area contributed by atoms with E-state index in [2.05, 4.69) is 35.9 Å². The normalized spacial score (nSPS) is 11.2. The van der Waals surface area contributed by atoms with Crippen LogP contribution >= 0.6 is 11.3 Å². The molecule has 3 aromatic rings. The van der Waals surface area contributed by atoms with Gasteiger partial charge in [-0.1, -0.05) is 38.8 Å². The van der Waals surface area contributed by atoms with Crippen molar-refractivity contribution >= 4 is 21.6 Å². The molecule has 5 heteroatoms. The van der Waals surface area contributed by atoms with Crippen molar-refractivity contribution in [3.8, 4) is 16.7 Å². The highest BCUT2D eigenvalue weighted by molar-refractivity contribution is 7.19. The lowest BCUT2D eigenvalue weighted by Crippen LogP contribution is -2.30. The molecule has 0 aliphatic heterocycles. The standard InChI is InChI=1S/C23H30N2O2S/c1-3-5-15-25(16-6-4-2)17-18-26-19-11-13-20(14-12-19)27-23-24-21-9-7-8-10-22(21)28-23/h7-14H,3-6,15-18H2,1-2H3/p+1. The van der Waals surface area contributed by atoms with Crippen LogP contribution in [0.25, 0.3) is 10.2 Å². The molecule has 2 aromatic carbocycles. The zero-order chi connectivity index (χ0) is 19.6. The molecule has 0 spiro atoms. The monoisotopic (exact) mass is 399 g/mol. The summed E-state index contributed by atoms with van der Waals surface area (Å²) in [4.78, 5) is 5.81. The number of hydrogen-bond donors (Lipinski definition) is 0. The first kappa shape index (κ1) is 20.6. The fourth-order valence-corrected chi connectivity index (χ4v) is 3.92. The topological polar surface area (TPSA) is 35.8 Å². The minimum Gasteiger partial charge on any atom is -0.492 e. The van der Waals surface area contributed by atoms with Gasteiger partial charge in [0.2, 0.25) is 5.52 Å². The van der Waals surface area contributed by atoms with Crippen molar-refractivity contribution in [3.63, 3.8) is 0 Å². The van der Waals surface area contributed by atoms with Crippen LogP contribution in [0.15, 0.2) is 48.5 Å². The Bertz CT molecular complexity index is 791. The number of aromatic amines is 1. The number of nitrogens with one attached hydrogen (secondary N) is 1. The molecule has 0 aliphatic rings. The van der Waals surface area contributed by atoms with Crippen LogP contribution in [-0.4, -0.2) is 31.1 Å². The third kappa shape index (κ3) is 6.21. The van der Waals surface area contributed by atoms with E-state index in [-0.39, 0.29) is 0 Å². The van der Waals surface area contributed by atoms with Crippen LogP contribution in [0, 0.1) is 0 Å². The molecule has 0 atom stereocenters. The maximum absolute atomic E-state index is 5.95. The molecule has 0 unspecified atom stereocenters. The van der Waals surface area contributed by atoms with Gasteiger partial charge in [0.15, 0.2) is 0 Å². The van der Waals surface area contributed by atoms with Gasteiger partial charge in [0.05, 0.1) is 0 Å². The van der Waals surface area contributed by atoms with Gasteiger partial charge in [-0.25, -0.2) is 0 Å². The van der Waals surface area contributed by atoms with E-state index in [0.717, 1.165) is 48.5 Å². The van der Waals surface area contributed by atoms with Gasteiger partial charge < -0.3 is 9.47 Å². The lowest BCUT2D eigenvalue weighted by atomic mass is 10.2. The van der Waals surface area contributed by atoms with E-state index >= 15 is 0 Å². The third-order valence-electron chi connectivity index (χ3n) is 4.69. The Hall–Kier alpha value is -2.11. The molecule has 3 rings (SSSR count). The number of benzene rings is 2. The Kier molecular flexibility index (Phi) is 8.12. The molecule has 0 aliphatic carbocycles. The van der Waals surface area contributed by atoms with E-state index in [1.807, 2.05) is 36.4 Å². The van der Waals surface area contributed by atoms with Crippen LogP contribution in [0.3, 0.4) is 0 Å². The minimum atomic E-state index is 0.720. The number of hydrogen-bond acceptors (Lipinski definition) is 4. The van der Waals surface area contributed by atoms with Gasteiger partial charge in [-0.05, 0) is 67.6 Å². The molecule has 1 N–H and O–H groups in total. The number of unbranched alkanes of at least 4 members (excludes halogenated alkanes) is 2. The van der Waals surface area contributed by atoms with Crippen molar-refractivity contribution in [3.05, 3.63) is 48.5 Å². The SMILES string of the molecule is CCCCN(CCCC)CCOc1ccc(Oc2[nH+]c3ccccc3s2)cc1. The Morgan fingerprint density at radius 1 is 0.857 bits per heavy atom. The predicted molar refractivity (Wildman–Crippen MR) is 117 cm³/mol. The summed E-state index contributed by atoms with van der Waals surface area (Å²) in [7, 11) is 0. The fraction of sp³-hybridized carbons (Fsp3) is 0.435. The maximum Gasteiger partial charge on any atom is 0.435 e. The van der Waals surface area contributed by atoms with Crippen LogP contribution in [0.5, 0.6) is 16.7 Å². The maximum atomic E-state index is 5.95. The molecule has 150 valence electrons. The number of fused-ring (bicyclic) bond motifs is 1. The summed E-state index contributed by atoms with van der Waals surface area (Å²) in [6.45, 7) is 8.52. The number of ether oxygens (including phenoxy) is 2. The Balaban J connectivity index is 1.48. The Morgan fingerprint density at radius 2 is 1.54 bits per heavy atom. The first-order valence-corrected chi connectivity index (χ1v) is 11.1. The van der Waals surface area contributed by atoms with Gasteiger partial charge in [0.1, 0.15) is 22.8 Å². The molecular formula is C23H31N2O2S+. The van der Waals surface area contributed by atoms with Crippen LogP contribution in [0.2, 0.25) is 0 Å². The van der Waals surface area contributed by atoms with Gasteiger partial charge >= 0.3 is 5.19 Å². The molecule has 4 nitrogen and oxygen atoms in total. The average Bonchev–Trinajstić information content (AvgIpc) is 3.13. The van der Waals surface area contributed by atoms with Crippen LogP contribution in [-0.2, 0) is 0 Å². The number of rotatable bonds is 12. The van der Waals surface area contributed by atoms with Gasteiger partial charge in [-0.15, -0.1) is 0 Å². The lowest BCUT2D eigenvalue weighted by molar-refractivity contribution is -0.352. The second-order valence-corrected chi connectivity index (χ2v) is 8.00. The zero-order valence-electron chi connectivity index (χ0n) is 16.9. The van der Waals surface area contributed by atoms with Crippen LogP contribution in [0.1, 0.15) is 39.5 Å². The van der Waals surface area contributed by atoms with Crippen molar-refractivity contribution in [1.82, 2.24) is 4.90 Å². The lowest BCUT2D eigenvalue weighted by Gasteiger charge is -2.22. The van der Waals surface area contributed by atoms with Gasteiger partial charge in [0, 0.05) is 12.6 Å². The van der Waals surface area contributed by atoms with Crippen LogP contribution in [0.4, 0.5) is 0 Å². The first-order valence-electron chi connectivity index (χ1n) is 10.3. The summed E-state index contributed by atoms with van der Waals surface area (Å²) >= 11 is 1.61. The summed E-state index contributed by atoms with van der Waals surface area (Å²) < 4.78 is 13.1. The van der Waals surface area contributed by atoms with E-state index in [4.69, 9.17) is 9.47 Å². The molecule has 0 radical (unpaired) electrons. The first-order chi connectivity index (χ1) is 13.8. The minimum absolute atomic E-state index is 0.720.